The van der Waals surface area contributed by atoms with Gasteiger partial charge in [-0.15, -0.1) is 22.0 Å². The standard InChI is InChI=1S/C24H29FN6O3S2/c1-30-12-11-17(28-30)23-26-27-24(31(23)22-18(32-2)7-6-8-19(22)33-3)29-36-14-20(34-4)16-10-9-15(25)13-21(16)35-5/h6-13,17,20,28H,14H2,1-5H3,(H,27,29). The third kappa shape index (κ3) is 5.41. The van der Waals surface area contributed by atoms with E-state index in [1.165, 1.54) is 35.8 Å². The lowest BCUT2D eigenvalue weighted by atomic mass is 10.1. The molecule has 2 aromatic carbocycles. The molecule has 2 unspecified atom stereocenters. The number of hydrazine groups is 1. The van der Waals surface area contributed by atoms with Gasteiger partial charge >= 0.3 is 0 Å². The number of hydrogen-bond donors (Lipinski definition) is 2. The van der Waals surface area contributed by atoms with Gasteiger partial charge in [0.15, 0.2) is 5.82 Å². The Hall–Kier alpha value is -2.93. The van der Waals surface area contributed by atoms with Crippen LogP contribution in [-0.2, 0) is 4.74 Å². The predicted molar refractivity (Wildman–Crippen MR) is 141 cm³/mol. The van der Waals surface area contributed by atoms with Gasteiger partial charge in [0.2, 0.25) is 5.95 Å². The molecule has 9 nitrogen and oxygen atoms in total. The van der Waals surface area contributed by atoms with E-state index in [1.54, 1.807) is 27.4 Å². The van der Waals surface area contributed by atoms with Crippen molar-refractivity contribution in [1.82, 2.24) is 25.2 Å². The Bertz CT molecular complexity index is 1200. The maximum Gasteiger partial charge on any atom is 0.239 e. The van der Waals surface area contributed by atoms with Crippen molar-refractivity contribution < 1.29 is 18.6 Å². The maximum atomic E-state index is 13.7. The average molecular weight is 533 g/mol. The highest BCUT2D eigenvalue weighted by Gasteiger charge is 2.28. The molecular formula is C24H29FN6O3S2. The van der Waals surface area contributed by atoms with Crippen LogP contribution in [0.1, 0.15) is 23.5 Å². The molecule has 192 valence electrons. The molecule has 4 rings (SSSR count). The first kappa shape index (κ1) is 26.1. The number of nitrogens with one attached hydrogen (secondary N) is 2. The topological polar surface area (TPSA) is 85.7 Å². The number of nitrogens with zero attached hydrogens (tertiary/aromatic N) is 4. The van der Waals surface area contributed by atoms with Crippen LogP contribution in [0.3, 0.4) is 0 Å². The van der Waals surface area contributed by atoms with Gasteiger partial charge in [-0.1, -0.05) is 12.1 Å². The Morgan fingerprint density at radius 3 is 2.50 bits per heavy atom. The van der Waals surface area contributed by atoms with Crippen LogP contribution in [0.25, 0.3) is 5.69 Å². The molecule has 0 saturated heterocycles. The molecule has 0 amide bonds. The van der Waals surface area contributed by atoms with Crippen LogP contribution in [-0.4, -0.2) is 60.2 Å². The van der Waals surface area contributed by atoms with Crippen LogP contribution in [0.4, 0.5) is 10.3 Å². The largest absolute Gasteiger partial charge is 0.494 e. The normalized spacial score (nSPS) is 15.8. The van der Waals surface area contributed by atoms with Crippen LogP contribution in [0.2, 0.25) is 0 Å². The van der Waals surface area contributed by atoms with Gasteiger partial charge in [-0.05, 0) is 54.1 Å². The minimum absolute atomic E-state index is 0.201. The predicted octanol–water partition coefficient (Wildman–Crippen LogP) is 4.60. The van der Waals surface area contributed by atoms with E-state index < -0.39 is 0 Å². The summed E-state index contributed by atoms with van der Waals surface area (Å²) in [5, 5.41) is 10.8. The fraction of sp³-hybridized carbons (Fsp3) is 0.333. The number of benzene rings is 2. The van der Waals surface area contributed by atoms with Gasteiger partial charge in [0, 0.05) is 31.0 Å². The van der Waals surface area contributed by atoms with Crippen LogP contribution in [0.15, 0.2) is 53.6 Å². The lowest BCUT2D eigenvalue weighted by Crippen LogP contribution is -2.28. The zero-order chi connectivity index (χ0) is 25.7. The van der Waals surface area contributed by atoms with Gasteiger partial charge in [-0.2, -0.15) is 0 Å². The molecule has 1 aromatic heterocycles. The molecule has 0 aliphatic carbocycles. The third-order valence-electron chi connectivity index (χ3n) is 5.66. The minimum atomic E-state index is -0.268. The lowest BCUT2D eigenvalue weighted by Gasteiger charge is -2.21. The van der Waals surface area contributed by atoms with E-state index in [9.17, 15) is 4.39 Å². The Kier molecular flexibility index (Phi) is 8.62. The number of anilines is 1. The highest BCUT2D eigenvalue weighted by atomic mass is 32.2. The molecule has 0 saturated carbocycles. The summed E-state index contributed by atoms with van der Waals surface area (Å²) < 4.78 is 36.0. The van der Waals surface area contributed by atoms with Crippen LogP contribution < -0.4 is 19.6 Å². The van der Waals surface area contributed by atoms with Crippen LogP contribution in [0, 0.1) is 5.82 Å². The van der Waals surface area contributed by atoms with E-state index in [0.29, 0.717) is 34.7 Å². The second-order valence-corrected chi connectivity index (χ2v) is 9.49. The van der Waals surface area contributed by atoms with Gasteiger partial charge in [0.25, 0.3) is 0 Å². The van der Waals surface area contributed by atoms with E-state index in [4.69, 9.17) is 14.2 Å². The van der Waals surface area contributed by atoms with Gasteiger partial charge in [-0.3, -0.25) is 9.29 Å². The molecule has 2 heterocycles. The van der Waals surface area contributed by atoms with Gasteiger partial charge in [0.1, 0.15) is 29.0 Å². The fourth-order valence-corrected chi connectivity index (χ4v) is 5.40. The minimum Gasteiger partial charge on any atom is -0.494 e. The van der Waals surface area contributed by atoms with E-state index in [2.05, 4.69) is 20.3 Å². The molecular weight excluding hydrogens is 503 g/mol. The molecule has 3 aromatic rings. The molecule has 1 aliphatic heterocycles. The molecule has 0 spiro atoms. The quantitative estimate of drug-likeness (QED) is 0.270. The van der Waals surface area contributed by atoms with Crippen molar-refractivity contribution in [3.63, 3.8) is 0 Å². The monoisotopic (exact) mass is 532 g/mol. The maximum absolute atomic E-state index is 13.7. The highest BCUT2D eigenvalue weighted by molar-refractivity contribution is 8.00. The Morgan fingerprint density at radius 1 is 1.14 bits per heavy atom. The van der Waals surface area contributed by atoms with E-state index in [1.807, 2.05) is 53.4 Å². The van der Waals surface area contributed by atoms with Crippen molar-refractivity contribution in [2.24, 2.45) is 0 Å². The first-order valence-electron chi connectivity index (χ1n) is 11.1. The van der Waals surface area contributed by atoms with Gasteiger partial charge < -0.3 is 19.2 Å². The average Bonchev–Trinajstić information content (AvgIpc) is 3.52. The number of rotatable bonds is 11. The number of methoxy groups -OCH3 is 3. The van der Waals surface area contributed by atoms with Crippen molar-refractivity contribution in [1.29, 1.82) is 0 Å². The zero-order valence-electron chi connectivity index (χ0n) is 20.7. The third-order valence-corrected chi connectivity index (χ3v) is 7.25. The van der Waals surface area contributed by atoms with Crippen molar-refractivity contribution in [3.8, 4) is 17.2 Å². The van der Waals surface area contributed by atoms with E-state index in [-0.39, 0.29) is 18.0 Å². The number of halogens is 1. The molecule has 2 atom stereocenters. The molecule has 1 aliphatic rings. The molecule has 0 radical (unpaired) electrons. The van der Waals surface area contributed by atoms with E-state index >= 15 is 0 Å². The Balaban J connectivity index is 1.65. The summed E-state index contributed by atoms with van der Waals surface area (Å²) in [6.07, 6.45) is 5.60. The molecule has 12 heteroatoms. The second-order valence-electron chi connectivity index (χ2n) is 7.81. The van der Waals surface area contributed by atoms with Crippen molar-refractivity contribution in [2.75, 3.05) is 45.1 Å². The summed E-state index contributed by atoms with van der Waals surface area (Å²) in [5.74, 6) is 2.67. The van der Waals surface area contributed by atoms with Crippen molar-refractivity contribution in [3.05, 3.63) is 65.9 Å². The molecule has 2 N–H and O–H groups in total. The van der Waals surface area contributed by atoms with Gasteiger partial charge in [-0.25, -0.2) is 9.82 Å². The summed E-state index contributed by atoms with van der Waals surface area (Å²) in [6.45, 7) is 0. The second kappa shape index (κ2) is 11.9. The SMILES string of the molecule is COc1cccc(OC)c1-n1c(NSCC(OC)c2ccc(F)cc2SC)nnc1C1C=CN(C)N1. The van der Waals surface area contributed by atoms with Crippen molar-refractivity contribution in [2.45, 2.75) is 17.0 Å². The number of para-hydroxylation sites is 1. The van der Waals surface area contributed by atoms with Crippen LogP contribution in [0.5, 0.6) is 11.5 Å². The Labute approximate surface area is 218 Å². The lowest BCUT2D eigenvalue weighted by molar-refractivity contribution is 0.121. The smallest absolute Gasteiger partial charge is 0.239 e. The fourth-order valence-electron chi connectivity index (χ4n) is 3.92. The number of ether oxygens (including phenoxy) is 3. The van der Waals surface area contributed by atoms with Crippen LogP contribution >= 0.6 is 23.7 Å². The number of thioether (sulfide) groups is 1. The first-order valence-corrected chi connectivity index (χ1v) is 13.3. The molecule has 0 bridgehead atoms. The summed E-state index contributed by atoms with van der Waals surface area (Å²) in [5.41, 5.74) is 4.93. The molecule has 36 heavy (non-hydrogen) atoms. The molecule has 0 fully saturated rings. The summed E-state index contributed by atoms with van der Waals surface area (Å²) in [4.78, 5) is 0.842. The van der Waals surface area contributed by atoms with Crippen molar-refractivity contribution >= 4 is 29.7 Å². The highest BCUT2D eigenvalue weighted by Crippen LogP contribution is 2.38. The zero-order valence-corrected chi connectivity index (χ0v) is 22.3. The first-order chi connectivity index (χ1) is 17.5. The summed E-state index contributed by atoms with van der Waals surface area (Å²) >= 11 is 2.90. The van der Waals surface area contributed by atoms with Gasteiger partial charge in [0.05, 0.1) is 20.3 Å². The summed E-state index contributed by atoms with van der Waals surface area (Å²) in [7, 11) is 6.79. The summed E-state index contributed by atoms with van der Waals surface area (Å²) in [6, 6.07) is 10.1. The number of hydrogen-bond acceptors (Lipinski definition) is 10. The number of aromatic nitrogens is 3. The van der Waals surface area contributed by atoms with E-state index in [0.717, 1.165) is 10.5 Å². The Morgan fingerprint density at radius 2 is 1.89 bits per heavy atom.